The van der Waals surface area contributed by atoms with Crippen LogP contribution in [0.4, 0.5) is 19.3 Å². The van der Waals surface area contributed by atoms with E-state index in [1.54, 1.807) is 0 Å². The molecule has 0 atom stereocenters. The average molecular weight is 351 g/mol. The van der Waals surface area contributed by atoms with E-state index in [2.05, 4.69) is 18.1 Å². The number of anilines is 1. The molecule has 0 fully saturated rings. The zero-order valence-electron chi connectivity index (χ0n) is 12.5. The van der Waals surface area contributed by atoms with Crippen molar-refractivity contribution < 1.29 is 18.4 Å². The molecule has 5 nitrogen and oxygen atoms in total. The first-order chi connectivity index (χ1) is 11.4. The molecule has 0 heterocycles. The first-order valence-corrected chi connectivity index (χ1v) is 7.38. The maximum absolute atomic E-state index is 13.1. The fraction of sp³-hybridized carbons (Fsp3) is 0.125. The Balaban J connectivity index is 1.90. The second kappa shape index (κ2) is 7.78. The summed E-state index contributed by atoms with van der Waals surface area (Å²) in [6, 6.07) is 8.68. The lowest BCUT2D eigenvalue weighted by molar-refractivity contribution is 0.100. The van der Waals surface area contributed by atoms with Crippen molar-refractivity contribution >= 4 is 30.4 Å². The van der Waals surface area contributed by atoms with Crippen LogP contribution in [-0.2, 0) is 6.42 Å². The second-order valence-electron chi connectivity index (χ2n) is 4.98. The molecule has 3 amide bonds. The summed E-state index contributed by atoms with van der Waals surface area (Å²) in [6.07, 6.45) is 0.267. The van der Waals surface area contributed by atoms with Crippen LogP contribution < -0.4 is 15.4 Å². The molecule has 0 aromatic heterocycles. The van der Waals surface area contributed by atoms with Crippen LogP contribution in [0.1, 0.15) is 15.9 Å². The number of rotatable bonds is 5. The number of benzene rings is 2. The van der Waals surface area contributed by atoms with E-state index in [1.165, 1.54) is 36.4 Å². The molecule has 0 aliphatic carbocycles. The molecule has 2 aromatic rings. The van der Waals surface area contributed by atoms with Gasteiger partial charge in [0.1, 0.15) is 11.6 Å². The van der Waals surface area contributed by atoms with E-state index in [0.717, 1.165) is 10.4 Å². The quantitative estimate of drug-likeness (QED) is 0.725. The van der Waals surface area contributed by atoms with Crippen molar-refractivity contribution in [3.63, 3.8) is 0 Å². The number of hydrogen-bond acceptors (Lipinski definition) is 3. The largest absolute Gasteiger partial charge is 0.366 e. The van der Waals surface area contributed by atoms with Gasteiger partial charge >= 0.3 is 6.03 Å². The molecule has 0 aliphatic rings. The number of urea groups is 1. The molecule has 126 valence electrons. The first kappa shape index (κ1) is 17.7. The Kier molecular flexibility index (Phi) is 5.75. The number of primary amides is 1. The van der Waals surface area contributed by atoms with Crippen LogP contribution in [0.15, 0.2) is 42.5 Å². The fourth-order valence-corrected chi connectivity index (χ4v) is 2.23. The van der Waals surface area contributed by atoms with Gasteiger partial charge < -0.3 is 11.1 Å². The number of nitrogens with one attached hydrogen (secondary N) is 1. The summed E-state index contributed by atoms with van der Waals surface area (Å²) >= 11 is 4.08. The molecule has 0 unspecified atom stereocenters. The highest BCUT2D eigenvalue weighted by atomic mass is 32.1. The summed E-state index contributed by atoms with van der Waals surface area (Å²) in [5.41, 5.74) is 6.33. The Morgan fingerprint density at radius 3 is 2.21 bits per heavy atom. The molecule has 0 saturated carbocycles. The van der Waals surface area contributed by atoms with E-state index in [1.807, 2.05) is 0 Å². The van der Waals surface area contributed by atoms with Gasteiger partial charge in [0.15, 0.2) is 0 Å². The second-order valence-corrected chi connectivity index (χ2v) is 5.38. The third kappa shape index (κ3) is 4.69. The van der Waals surface area contributed by atoms with Gasteiger partial charge in [-0.25, -0.2) is 17.9 Å². The number of hydrogen-bond donors (Lipinski definition) is 3. The minimum Gasteiger partial charge on any atom is -0.366 e. The van der Waals surface area contributed by atoms with Crippen molar-refractivity contribution in [1.82, 2.24) is 5.32 Å². The Labute approximate surface area is 143 Å². The van der Waals surface area contributed by atoms with Gasteiger partial charge in [0.05, 0.1) is 5.69 Å². The van der Waals surface area contributed by atoms with Crippen molar-refractivity contribution in [3.8, 4) is 0 Å². The van der Waals surface area contributed by atoms with Gasteiger partial charge in [-0.1, -0.05) is 12.8 Å². The lowest BCUT2D eigenvalue weighted by atomic mass is 10.1. The van der Waals surface area contributed by atoms with Gasteiger partial charge in [0.25, 0.3) is 0 Å². The third-order valence-corrected chi connectivity index (χ3v) is 3.61. The number of nitrogens with zero attached hydrogens (tertiary/aromatic N) is 1. The van der Waals surface area contributed by atoms with Crippen molar-refractivity contribution in [2.45, 2.75) is 6.42 Å². The fourth-order valence-electron chi connectivity index (χ4n) is 2.03. The predicted molar refractivity (Wildman–Crippen MR) is 89.9 cm³/mol. The SMILES string of the molecule is NC(=O)c1ccc(N(S)C(=O)NCCc2cc(F)cc(F)c2)cc1. The summed E-state index contributed by atoms with van der Waals surface area (Å²) in [4.78, 5) is 23.0. The molecular formula is C16H15F2N3O2S. The van der Waals surface area contributed by atoms with E-state index < -0.39 is 23.6 Å². The molecule has 0 spiro atoms. The molecule has 0 saturated heterocycles. The number of carbonyl (C=O) groups excluding carboxylic acids is 2. The van der Waals surface area contributed by atoms with Crippen LogP contribution >= 0.6 is 12.8 Å². The number of thiol groups is 1. The highest BCUT2D eigenvalue weighted by Gasteiger charge is 2.12. The number of amides is 3. The topological polar surface area (TPSA) is 75.4 Å². The molecule has 3 N–H and O–H groups in total. The standard InChI is InChI=1S/C16H15F2N3O2S/c17-12-7-10(8-13(18)9-12)5-6-20-16(23)21(24)14-3-1-11(2-4-14)15(19)22/h1-4,7-9,24H,5-6H2,(H2,19,22)(H,20,23). The Bertz CT molecular complexity index is 733. The maximum atomic E-state index is 13.1. The lowest BCUT2D eigenvalue weighted by Crippen LogP contribution is -2.35. The minimum atomic E-state index is -0.665. The van der Waals surface area contributed by atoms with Gasteiger partial charge in [-0.05, 0) is 48.4 Å². The Morgan fingerprint density at radius 2 is 1.67 bits per heavy atom. The highest BCUT2D eigenvalue weighted by molar-refractivity contribution is 7.82. The van der Waals surface area contributed by atoms with Crippen molar-refractivity contribution in [2.75, 3.05) is 10.8 Å². The van der Waals surface area contributed by atoms with Crippen LogP contribution in [0.25, 0.3) is 0 Å². The van der Waals surface area contributed by atoms with Gasteiger partial charge in [0.2, 0.25) is 5.91 Å². The highest BCUT2D eigenvalue weighted by Crippen LogP contribution is 2.17. The first-order valence-electron chi connectivity index (χ1n) is 6.98. The number of nitrogens with two attached hydrogens (primary N) is 1. The summed E-state index contributed by atoms with van der Waals surface area (Å²) < 4.78 is 27.2. The number of halogens is 2. The Morgan fingerprint density at radius 1 is 1.08 bits per heavy atom. The minimum absolute atomic E-state index is 0.179. The molecule has 8 heteroatoms. The van der Waals surface area contributed by atoms with Crippen LogP contribution in [0.3, 0.4) is 0 Å². The summed E-state index contributed by atoms with van der Waals surface area (Å²) in [7, 11) is 0. The van der Waals surface area contributed by atoms with Crippen LogP contribution in [0.5, 0.6) is 0 Å². The molecule has 24 heavy (non-hydrogen) atoms. The molecule has 2 aromatic carbocycles. The zero-order chi connectivity index (χ0) is 17.7. The summed E-state index contributed by atoms with van der Waals surface area (Å²) in [5.74, 6) is -1.90. The lowest BCUT2D eigenvalue weighted by Gasteiger charge is -2.16. The zero-order valence-corrected chi connectivity index (χ0v) is 13.4. The van der Waals surface area contributed by atoms with Crippen LogP contribution in [0, 0.1) is 11.6 Å². The van der Waals surface area contributed by atoms with Crippen molar-refractivity contribution in [1.29, 1.82) is 0 Å². The van der Waals surface area contributed by atoms with Crippen molar-refractivity contribution in [2.24, 2.45) is 5.73 Å². The third-order valence-electron chi connectivity index (χ3n) is 3.20. The predicted octanol–water partition coefficient (Wildman–Crippen LogP) is 2.67. The van der Waals surface area contributed by atoms with E-state index in [9.17, 15) is 18.4 Å². The monoisotopic (exact) mass is 351 g/mol. The summed E-state index contributed by atoms with van der Waals surface area (Å²) in [6.45, 7) is 0.179. The normalized spacial score (nSPS) is 10.3. The van der Waals surface area contributed by atoms with E-state index in [-0.39, 0.29) is 13.0 Å². The molecule has 0 aliphatic heterocycles. The van der Waals surface area contributed by atoms with E-state index in [4.69, 9.17) is 5.73 Å². The van der Waals surface area contributed by atoms with Crippen molar-refractivity contribution in [3.05, 3.63) is 65.2 Å². The van der Waals surface area contributed by atoms with E-state index >= 15 is 0 Å². The maximum Gasteiger partial charge on any atom is 0.331 e. The molecule has 0 radical (unpaired) electrons. The molecule has 2 rings (SSSR count). The van der Waals surface area contributed by atoms with Crippen LogP contribution in [0.2, 0.25) is 0 Å². The van der Waals surface area contributed by atoms with Gasteiger partial charge in [-0.3, -0.25) is 4.79 Å². The average Bonchev–Trinajstić information content (AvgIpc) is 2.53. The molecular weight excluding hydrogens is 336 g/mol. The molecule has 0 bridgehead atoms. The van der Waals surface area contributed by atoms with Gasteiger partial charge in [-0.15, -0.1) is 0 Å². The number of carbonyl (C=O) groups is 2. The van der Waals surface area contributed by atoms with Gasteiger partial charge in [-0.2, -0.15) is 0 Å². The Hall–Kier alpha value is -2.61. The van der Waals surface area contributed by atoms with E-state index in [0.29, 0.717) is 16.8 Å². The smallest absolute Gasteiger partial charge is 0.331 e. The van der Waals surface area contributed by atoms with Crippen LogP contribution in [-0.4, -0.2) is 18.5 Å². The van der Waals surface area contributed by atoms with Gasteiger partial charge in [0, 0.05) is 18.2 Å². The summed E-state index contributed by atoms with van der Waals surface area (Å²) in [5, 5.41) is 2.58.